The molecule has 21 heavy (non-hydrogen) atoms. The summed E-state index contributed by atoms with van der Waals surface area (Å²) in [5, 5.41) is 0.826. The Morgan fingerprint density at radius 1 is 1.10 bits per heavy atom. The molecule has 2 aliphatic rings. The molecular formula is C17H26N2OS. The number of nitrogens with one attached hydrogen (secondary N) is 1. The van der Waals surface area contributed by atoms with E-state index in [9.17, 15) is 0 Å². The average Bonchev–Trinajstić information content (AvgIpc) is 3.34. The molecule has 0 saturated heterocycles. The lowest BCUT2D eigenvalue weighted by molar-refractivity contribution is 0.303. The molecule has 2 fully saturated rings. The van der Waals surface area contributed by atoms with E-state index in [4.69, 9.17) is 10.6 Å². The van der Waals surface area contributed by atoms with Crippen LogP contribution in [0.15, 0.2) is 24.3 Å². The molecule has 3 nitrogen and oxygen atoms in total. The van der Waals surface area contributed by atoms with E-state index in [1.165, 1.54) is 50.5 Å². The highest BCUT2D eigenvalue weighted by molar-refractivity contribution is 7.99. The van der Waals surface area contributed by atoms with Crippen molar-refractivity contribution in [1.82, 2.24) is 5.43 Å². The van der Waals surface area contributed by atoms with Crippen molar-refractivity contribution in [3.63, 3.8) is 0 Å². The number of hydrazine groups is 1. The predicted octanol–water partition coefficient (Wildman–Crippen LogP) is 3.80. The molecule has 116 valence electrons. The fourth-order valence-electron chi connectivity index (χ4n) is 2.86. The number of hydrogen-bond donors (Lipinski definition) is 2. The van der Waals surface area contributed by atoms with Crippen molar-refractivity contribution in [2.45, 2.75) is 62.3 Å². The molecule has 0 bridgehead atoms. The van der Waals surface area contributed by atoms with Gasteiger partial charge in [0.2, 0.25) is 0 Å². The molecule has 1 atom stereocenters. The van der Waals surface area contributed by atoms with E-state index in [1.807, 2.05) is 0 Å². The minimum Gasteiger partial charge on any atom is -0.490 e. The van der Waals surface area contributed by atoms with E-state index in [1.54, 1.807) is 0 Å². The van der Waals surface area contributed by atoms with Gasteiger partial charge in [0.15, 0.2) is 0 Å². The van der Waals surface area contributed by atoms with Crippen molar-refractivity contribution in [3.05, 3.63) is 29.8 Å². The predicted molar refractivity (Wildman–Crippen MR) is 89.5 cm³/mol. The van der Waals surface area contributed by atoms with Gasteiger partial charge in [0.05, 0.1) is 12.1 Å². The molecule has 0 aliphatic heterocycles. The Balaban J connectivity index is 1.51. The van der Waals surface area contributed by atoms with E-state index in [0.717, 1.165) is 16.8 Å². The third-order valence-electron chi connectivity index (χ3n) is 4.36. The van der Waals surface area contributed by atoms with E-state index in [2.05, 4.69) is 41.5 Å². The highest BCUT2D eigenvalue weighted by Gasteiger charge is 2.23. The van der Waals surface area contributed by atoms with Crippen LogP contribution in [0.25, 0.3) is 0 Å². The Morgan fingerprint density at radius 3 is 2.43 bits per heavy atom. The summed E-state index contributed by atoms with van der Waals surface area (Å²) < 4.78 is 5.79. The number of ether oxygens (including phenoxy) is 1. The van der Waals surface area contributed by atoms with Crippen molar-refractivity contribution in [2.24, 2.45) is 5.84 Å². The summed E-state index contributed by atoms with van der Waals surface area (Å²) in [6.07, 6.45) is 9.81. The number of hydrogen-bond acceptors (Lipinski definition) is 4. The second-order valence-corrected chi connectivity index (χ2v) is 7.53. The maximum atomic E-state index is 5.79. The third-order valence-corrected chi connectivity index (χ3v) is 5.83. The van der Waals surface area contributed by atoms with E-state index >= 15 is 0 Å². The van der Waals surface area contributed by atoms with Crippen LogP contribution in [0.1, 0.15) is 56.6 Å². The lowest BCUT2D eigenvalue weighted by Crippen LogP contribution is -2.30. The molecule has 0 aromatic heterocycles. The quantitative estimate of drug-likeness (QED) is 0.594. The Bertz CT molecular complexity index is 427. The fraction of sp³-hybridized carbons (Fsp3) is 0.647. The Morgan fingerprint density at radius 2 is 1.81 bits per heavy atom. The van der Waals surface area contributed by atoms with E-state index in [-0.39, 0.29) is 6.04 Å². The van der Waals surface area contributed by atoms with Crippen LogP contribution in [0.4, 0.5) is 0 Å². The summed E-state index contributed by atoms with van der Waals surface area (Å²) >= 11 is 2.08. The average molecular weight is 306 g/mol. The second kappa shape index (κ2) is 7.52. The zero-order valence-electron chi connectivity index (χ0n) is 12.6. The molecule has 4 heteroatoms. The largest absolute Gasteiger partial charge is 0.490 e. The van der Waals surface area contributed by atoms with Gasteiger partial charge in [-0.2, -0.15) is 11.8 Å². The monoisotopic (exact) mass is 306 g/mol. The first kappa shape index (κ1) is 15.2. The lowest BCUT2D eigenvalue weighted by Gasteiger charge is -2.24. The first-order valence-corrected chi connectivity index (χ1v) is 9.24. The van der Waals surface area contributed by atoms with Crippen LogP contribution >= 0.6 is 11.8 Å². The summed E-state index contributed by atoms with van der Waals surface area (Å²) in [6, 6.07) is 8.66. The minimum absolute atomic E-state index is 0.229. The zero-order valence-corrected chi connectivity index (χ0v) is 13.4. The maximum absolute atomic E-state index is 5.79. The SMILES string of the molecule is NNC(CSC1CCCCC1)c1ccc(OC2CC2)cc1. The Kier molecular flexibility index (Phi) is 5.44. The Hall–Kier alpha value is -0.710. The summed E-state index contributed by atoms with van der Waals surface area (Å²) in [4.78, 5) is 0. The number of rotatable bonds is 7. The highest BCUT2D eigenvalue weighted by Crippen LogP contribution is 2.32. The first-order chi connectivity index (χ1) is 10.3. The molecule has 3 rings (SSSR count). The molecule has 0 heterocycles. The van der Waals surface area contributed by atoms with Gasteiger partial charge in [0.25, 0.3) is 0 Å². The van der Waals surface area contributed by atoms with Crippen molar-refractivity contribution >= 4 is 11.8 Å². The van der Waals surface area contributed by atoms with Crippen LogP contribution in [-0.2, 0) is 0 Å². The number of benzene rings is 1. The van der Waals surface area contributed by atoms with Crippen LogP contribution in [0.5, 0.6) is 5.75 Å². The molecule has 1 aromatic rings. The summed E-state index contributed by atoms with van der Waals surface area (Å²) in [5.41, 5.74) is 4.22. The number of nitrogens with two attached hydrogens (primary N) is 1. The summed E-state index contributed by atoms with van der Waals surface area (Å²) in [6.45, 7) is 0. The molecule has 0 spiro atoms. The van der Waals surface area contributed by atoms with Gasteiger partial charge in [-0.05, 0) is 43.4 Å². The van der Waals surface area contributed by atoms with Crippen molar-refractivity contribution in [2.75, 3.05) is 5.75 Å². The smallest absolute Gasteiger partial charge is 0.119 e. The van der Waals surface area contributed by atoms with Gasteiger partial charge < -0.3 is 4.74 Å². The van der Waals surface area contributed by atoms with E-state index in [0.29, 0.717) is 6.10 Å². The topological polar surface area (TPSA) is 47.3 Å². The van der Waals surface area contributed by atoms with Gasteiger partial charge in [-0.1, -0.05) is 31.4 Å². The molecule has 0 radical (unpaired) electrons. The summed E-state index contributed by atoms with van der Waals surface area (Å²) in [7, 11) is 0. The molecule has 1 unspecified atom stereocenters. The van der Waals surface area contributed by atoms with Gasteiger partial charge in [-0.25, -0.2) is 0 Å². The van der Waals surface area contributed by atoms with Crippen LogP contribution in [0.3, 0.4) is 0 Å². The minimum atomic E-state index is 0.229. The van der Waals surface area contributed by atoms with Gasteiger partial charge >= 0.3 is 0 Å². The molecular weight excluding hydrogens is 280 g/mol. The first-order valence-electron chi connectivity index (χ1n) is 8.19. The highest BCUT2D eigenvalue weighted by atomic mass is 32.2. The lowest BCUT2D eigenvalue weighted by atomic mass is 10.0. The van der Waals surface area contributed by atoms with E-state index < -0.39 is 0 Å². The van der Waals surface area contributed by atoms with Crippen molar-refractivity contribution in [3.8, 4) is 5.75 Å². The van der Waals surface area contributed by atoms with Crippen LogP contribution in [0.2, 0.25) is 0 Å². The molecule has 3 N–H and O–H groups in total. The number of thioether (sulfide) groups is 1. The zero-order chi connectivity index (χ0) is 14.5. The van der Waals surface area contributed by atoms with Crippen molar-refractivity contribution < 1.29 is 4.74 Å². The van der Waals surface area contributed by atoms with Crippen molar-refractivity contribution in [1.29, 1.82) is 0 Å². The third kappa shape index (κ3) is 4.63. The fourth-order valence-corrected chi connectivity index (χ4v) is 4.28. The standard InChI is InChI=1S/C17H26N2OS/c18-19-17(12-21-16-4-2-1-3-5-16)13-6-8-14(9-7-13)20-15-10-11-15/h6-9,15-17,19H,1-5,10-12,18H2. The molecule has 2 saturated carbocycles. The maximum Gasteiger partial charge on any atom is 0.119 e. The van der Waals surface area contributed by atoms with Gasteiger partial charge in [-0.3, -0.25) is 11.3 Å². The summed E-state index contributed by atoms with van der Waals surface area (Å²) in [5.74, 6) is 7.78. The molecule has 2 aliphatic carbocycles. The van der Waals surface area contributed by atoms with Crippen LogP contribution < -0.4 is 16.0 Å². The normalized spacial score (nSPS) is 21.2. The molecule has 1 aromatic carbocycles. The van der Waals surface area contributed by atoms with Crippen LogP contribution in [0, 0.1) is 0 Å². The van der Waals surface area contributed by atoms with Gasteiger partial charge in [0.1, 0.15) is 5.75 Å². The van der Waals surface area contributed by atoms with Gasteiger partial charge in [0, 0.05) is 11.0 Å². The second-order valence-electron chi connectivity index (χ2n) is 6.20. The Labute approximate surface area is 132 Å². The molecule has 0 amide bonds. The van der Waals surface area contributed by atoms with Crippen LogP contribution in [-0.4, -0.2) is 17.1 Å². The van der Waals surface area contributed by atoms with Gasteiger partial charge in [-0.15, -0.1) is 0 Å².